The molecule has 0 heterocycles. The molecular weight excluding hydrogens is 248 g/mol. The summed E-state index contributed by atoms with van der Waals surface area (Å²) in [7, 11) is 0. The highest BCUT2D eigenvalue weighted by molar-refractivity contribution is 6.10. The van der Waals surface area contributed by atoms with Crippen LogP contribution in [0.1, 0.15) is 21.5 Å². The molecule has 0 unspecified atom stereocenters. The molecule has 0 aromatic heterocycles. The molecule has 0 spiro atoms. The van der Waals surface area contributed by atoms with Gasteiger partial charge in [0.1, 0.15) is 0 Å². The minimum absolute atomic E-state index is 0.170. The predicted octanol–water partition coefficient (Wildman–Crippen LogP) is 2.05. The number of aromatic hydroxyl groups is 4. The van der Waals surface area contributed by atoms with Gasteiger partial charge in [-0.3, -0.25) is 4.79 Å². The predicted molar refractivity (Wildman–Crippen MR) is 67.7 cm³/mol. The van der Waals surface area contributed by atoms with E-state index >= 15 is 0 Å². The van der Waals surface area contributed by atoms with E-state index in [9.17, 15) is 25.2 Å². The van der Waals surface area contributed by atoms with Crippen LogP contribution in [-0.4, -0.2) is 26.2 Å². The van der Waals surface area contributed by atoms with Gasteiger partial charge in [-0.1, -0.05) is 0 Å². The lowest BCUT2D eigenvalue weighted by Gasteiger charge is -2.08. The first kappa shape index (κ1) is 12.8. The Morgan fingerprint density at radius 2 is 1.53 bits per heavy atom. The molecule has 0 bridgehead atoms. The second-order valence-electron chi connectivity index (χ2n) is 4.14. The topological polar surface area (TPSA) is 98.0 Å². The summed E-state index contributed by atoms with van der Waals surface area (Å²) in [5.74, 6) is -1.80. The Balaban J connectivity index is 2.50. The van der Waals surface area contributed by atoms with Crippen LogP contribution in [0.2, 0.25) is 0 Å². The standard InChI is InChI=1S/C14H12O5/c1-7-9(3-5-11(16)13(7)18)14(19)8-2-4-10(15)12(17)6-8/h2-6,15-18H,1H3. The third-order valence-electron chi connectivity index (χ3n) is 2.89. The molecule has 0 amide bonds. The van der Waals surface area contributed by atoms with E-state index in [2.05, 4.69) is 0 Å². The molecule has 19 heavy (non-hydrogen) atoms. The molecule has 5 nitrogen and oxygen atoms in total. The van der Waals surface area contributed by atoms with Gasteiger partial charge < -0.3 is 20.4 Å². The Morgan fingerprint density at radius 3 is 2.16 bits per heavy atom. The Kier molecular flexibility index (Phi) is 3.04. The highest BCUT2D eigenvalue weighted by Gasteiger charge is 2.17. The van der Waals surface area contributed by atoms with E-state index in [4.69, 9.17) is 0 Å². The molecule has 2 aromatic rings. The van der Waals surface area contributed by atoms with Crippen molar-refractivity contribution >= 4 is 5.78 Å². The number of phenolic OH excluding ortho intramolecular Hbond substituents is 4. The van der Waals surface area contributed by atoms with E-state index in [1.807, 2.05) is 0 Å². The first-order valence-corrected chi connectivity index (χ1v) is 5.50. The molecule has 0 saturated heterocycles. The fourth-order valence-electron chi connectivity index (χ4n) is 1.75. The lowest BCUT2D eigenvalue weighted by molar-refractivity contribution is 0.103. The molecule has 0 saturated carbocycles. The average Bonchev–Trinajstić information content (AvgIpc) is 2.39. The summed E-state index contributed by atoms with van der Waals surface area (Å²) in [6.07, 6.45) is 0. The summed E-state index contributed by atoms with van der Waals surface area (Å²) >= 11 is 0. The van der Waals surface area contributed by atoms with Gasteiger partial charge in [0, 0.05) is 16.7 Å². The molecule has 2 aromatic carbocycles. The minimum atomic E-state index is -0.428. The van der Waals surface area contributed by atoms with Crippen molar-refractivity contribution in [2.75, 3.05) is 0 Å². The number of carbonyl (C=O) groups is 1. The van der Waals surface area contributed by atoms with Crippen molar-refractivity contribution in [2.45, 2.75) is 6.92 Å². The highest BCUT2D eigenvalue weighted by atomic mass is 16.3. The average molecular weight is 260 g/mol. The third-order valence-corrected chi connectivity index (χ3v) is 2.89. The van der Waals surface area contributed by atoms with Crippen LogP contribution in [0.5, 0.6) is 23.0 Å². The van der Waals surface area contributed by atoms with Crippen LogP contribution in [0.25, 0.3) is 0 Å². The van der Waals surface area contributed by atoms with Crippen LogP contribution >= 0.6 is 0 Å². The van der Waals surface area contributed by atoms with E-state index in [0.29, 0.717) is 0 Å². The molecule has 0 fully saturated rings. The van der Waals surface area contributed by atoms with Gasteiger partial charge in [0.25, 0.3) is 0 Å². The Bertz CT molecular complexity index is 661. The van der Waals surface area contributed by atoms with E-state index in [1.54, 1.807) is 0 Å². The Morgan fingerprint density at radius 1 is 0.895 bits per heavy atom. The van der Waals surface area contributed by atoms with Crippen molar-refractivity contribution < 1.29 is 25.2 Å². The van der Waals surface area contributed by atoms with E-state index in [0.717, 1.165) is 6.07 Å². The third kappa shape index (κ3) is 2.18. The first-order valence-electron chi connectivity index (χ1n) is 5.50. The number of ketones is 1. The summed E-state index contributed by atoms with van der Waals surface area (Å²) in [5.41, 5.74) is 0.626. The zero-order chi connectivity index (χ0) is 14.2. The number of benzene rings is 2. The molecule has 0 aliphatic carbocycles. The smallest absolute Gasteiger partial charge is 0.193 e. The quantitative estimate of drug-likeness (QED) is 0.489. The fraction of sp³-hybridized carbons (Fsp3) is 0.0714. The van der Waals surface area contributed by atoms with Crippen LogP contribution in [0, 0.1) is 6.92 Å². The van der Waals surface area contributed by atoms with Crippen LogP contribution in [-0.2, 0) is 0 Å². The normalized spacial score (nSPS) is 10.4. The second kappa shape index (κ2) is 4.53. The molecule has 0 aliphatic heterocycles. The molecule has 2 rings (SSSR count). The molecule has 4 N–H and O–H groups in total. The molecule has 0 aliphatic rings. The zero-order valence-electron chi connectivity index (χ0n) is 10.1. The number of phenols is 4. The van der Waals surface area contributed by atoms with Gasteiger partial charge in [-0.2, -0.15) is 0 Å². The second-order valence-corrected chi connectivity index (χ2v) is 4.14. The number of hydrogen-bond acceptors (Lipinski definition) is 5. The number of carbonyl (C=O) groups excluding carboxylic acids is 1. The zero-order valence-corrected chi connectivity index (χ0v) is 10.1. The van der Waals surface area contributed by atoms with Crippen molar-refractivity contribution in [3.63, 3.8) is 0 Å². The van der Waals surface area contributed by atoms with Crippen LogP contribution < -0.4 is 0 Å². The fourth-order valence-corrected chi connectivity index (χ4v) is 1.75. The van der Waals surface area contributed by atoms with Crippen molar-refractivity contribution in [3.05, 3.63) is 47.0 Å². The van der Waals surface area contributed by atoms with E-state index in [1.165, 1.54) is 31.2 Å². The Hall–Kier alpha value is -2.69. The summed E-state index contributed by atoms with van der Waals surface area (Å²) in [5, 5.41) is 37.5. The number of rotatable bonds is 2. The van der Waals surface area contributed by atoms with Crippen LogP contribution in [0.3, 0.4) is 0 Å². The monoisotopic (exact) mass is 260 g/mol. The summed E-state index contributed by atoms with van der Waals surface area (Å²) in [4.78, 5) is 12.2. The van der Waals surface area contributed by atoms with Gasteiger partial charge in [0.2, 0.25) is 0 Å². The summed E-state index contributed by atoms with van der Waals surface area (Å²) < 4.78 is 0. The van der Waals surface area contributed by atoms with Gasteiger partial charge >= 0.3 is 0 Å². The van der Waals surface area contributed by atoms with E-state index in [-0.39, 0.29) is 33.9 Å². The van der Waals surface area contributed by atoms with Gasteiger partial charge in [0.15, 0.2) is 28.8 Å². The molecule has 98 valence electrons. The molecular formula is C14H12O5. The maximum absolute atomic E-state index is 12.2. The molecule has 5 heteroatoms. The van der Waals surface area contributed by atoms with Crippen molar-refractivity contribution in [1.82, 2.24) is 0 Å². The van der Waals surface area contributed by atoms with Crippen molar-refractivity contribution in [1.29, 1.82) is 0 Å². The largest absolute Gasteiger partial charge is 0.504 e. The van der Waals surface area contributed by atoms with Crippen molar-refractivity contribution in [2.24, 2.45) is 0 Å². The summed E-state index contributed by atoms with van der Waals surface area (Å²) in [6, 6.07) is 6.31. The maximum Gasteiger partial charge on any atom is 0.193 e. The minimum Gasteiger partial charge on any atom is -0.504 e. The number of hydrogen-bond donors (Lipinski definition) is 4. The van der Waals surface area contributed by atoms with Crippen molar-refractivity contribution in [3.8, 4) is 23.0 Å². The SMILES string of the molecule is Cc1c(C(=O)c2ccc(O)c(O)c2)ccc(O)c1O. The van der Waals surface area contributed by atoms with Gasteiger partial charge in [-0.05, 0) is 37.3 Å². The first-order chi connectivity index (χ1) is 8.91. The summed E-state index contributed by atoms with van der Waals surface area (Å²) in [6.45, 7) is 1.50. The maximum atomic E-state index is 12.2. The van der Waals surface area contributed by atoms with Gasteiger partial charge in [0.05, 0.1) is 0 Å². The lowest BCUT2D eigenvalue weighted by Crippen LogP contribution is -2.03. The molecule has 0 radical (unpaired) electrons. The van der Waals surface area contributed by atoms with Crippen LogP contribution in [0.4, 0.5) is 0 Å². The van der Waals surface area contributed by atoms with Gasteiger partial charge in [-0.25, -0.2) is 0 Å². The Labute approximate surface area is 109 Å². The van der Waals surface area contributed by atoms with Crippen LogP contribution in [0.15, 0.2) is 30.3 Å². The molecule has 0 atom stereocenters. The lowest BCUT2D eigenvalue weighted by atomic mass is 9.98. The van der Waals surface area contributed by atoms with E-state index < -0.39 is 11.5 Å². The highest BCUT2D eigenvalue weighted by Crippen LogP contribution is 2.32. The van der Waals surface area contributed by atoms with Gasteiger partial charge in [-0.15, -0.1) is 0 Å².